The van der Waals surface area contributed by atoms with Crippen LogP contribution >= 0.6 is 24.8 Å². The van der Waals surface area contributed by atoms with E-state index in [4.69, 9.17) is 0 Å². The Bertz CT molecular complexity index is 203. The molecule has 0 amide bonds. The molecule has 96 valence electrons. The van der Waals surface area contributed by atoms with Crippen LogP contribution in [0, 0.1) is 11.3 Å². The molecule has 1 saturated carbocycles. The second-order valence-corrected chi connectivity index (χ2v) is 5.67. The maximum Gasteiger partial charge on any atom is 0.000967 e. The van der Waals surface area contributed by atoms with Crippen LogP contribution in [0.15, 0.2) is 0 Å². The quantitative estimate of drug-likeness (QED) is 0.826. The summed E-state index contributed by atoms with van der Waals surface area (Å²) in [5.41, 5.74) is 0.708. The second kappa shape index (κ2) is 5.90. The van der Waals surface area contributed by atoms with Gasteiger partial charge in [-0.3, -0.25) is 0 Å². The molecule has 3 fully saturated rings. The molecule has 2 nitrogen and oxygen atoms in total. The lowest BCUT2D eigenvalue weighted by molar-refractivity contribution is 0.115. The van der Waals surface area contributed by atoms with E-state index in [2.05, 4.69) is 10.2 Å². The summed E-state index contributed by atoms with van der Waals surface area (Å²) in [4.78, 5) is 2.71. The van der Waals surface area contributed by atoms with Crippen molar-refractivity contribution in [3.05, 3.63) is 0 Å². The molecule has 0 radical (unpaired) electrons. The molecular formula is C12H24Cl2N2. The fourth-order valence-corrected chi connectivity index (χ4v) is 3.10. The van der Waals surface area contributed by atoms with Gasteiger partial charge in [0, 0.05) is 13.1 Å². The van der Waals surface area contributed by atoms with Gasteiger partial charge in [-0.2, -0.15) is 0 Å². The van der Waals surface area contributed by atoms with Crippen molar-refractivity contribution in [3.8, 4) is 0 Å². The lowest BCUT2D eigenvalue weighted by Gasteiger charge is -2.39. The summed E-state index contributed by atoms with van der Waals surface area (Å²) in [6.45, 7) is 6.72. The molecule has 0 bridgehead atoms. The van der Waals surface area contributed by atoms with E-state index in [1.165, 1.54) is 64.8 Å². The maximum atomic E-state index is 3.53. The Kier molecular flexibility index (Phi) is 5.37. The maximum absolute atomic E-state index is 3.53. The first-order valence-corrected chi connectivity index (χ1v) is 6.29. The SMILES string of the molecule is C1CC2(CCN(CC3CC3)CC2)CN1.Cl.Cl. The summed E-state index contributed by atoms with van der Waals surface area (Å²) in [5, 5.41) is 3.53. The van der Waals surface area contributed by atoms with Crippen LogP contribution in [-0.2, 0) is 0 Å². The highest BCUT2D eigenvalue weighted by Gasteiger charge is 2.37. The molecular weight excluding hydrogens is 243 g/mol. The van der Waals surface area contributed by atoms with E-state index in [-0.39, 0.29) is 24.8 Å². The van der Waals surface area contributed by atoms with Crippen LogP contribution in [0.5, 0.6) is 0 Å². The molecule has 0 unspecified atom stereocenters. The fraction of sp³-hybridized carbons (Fsp3) is 1.00. The first kappa shape index (κ1) is 14.6. The molecule has 4 heteroatoms. The molecule has 2 saturated heterocycles. The van der Waals surface area contributed by atoms with Crippen molar-refractivity contribution in [1.29, 1.82) is 0 Å². The van der Waals surface area contributed by atoms with E-state index in [1.807, 2.05) is 0 Å². The smallest absolute Gasteiger partial charge is 0.000967 e. The molecule has 3 rings (SSSR count). The number of halogens is 2. The van der Waals surface area contributed by atoms with Gasteiger partial charge >= 0.3 is 0 Å². The molecule has 1 aliphatic carbocycles. The molecule has 1 spiro atoms. The van der Waals surface area contributed by atoms with E-state index in [0.29, 0.717) is 5.41 Å². The lowest BCUT2D eigenvalue weighted by atomic mass is 9.78. The zero-order valence-electron chi connectivity index (χ0n) is 9.91. The van der Waals surface area contributed by atoms with Gasteiger partial charge < -0.3 is 10.2 Å². The Morgan fingerprint density at radius 2 is 1.75 bits per heavy atom. The highest BCUT2D eigenvalue weighted by Crippen LogP contribution is 2.38. The molecule has 0 atom stereocenters. The standard InChI is InChI=1S/C12H22N2.2ClH/c1-2-11(1)9-14-7-4-12(5-8-14)3-6-13-10-12;;/h11,13H,1-10H2;2*1H. The van der Waals surface area contributed by atoms with Crippen molar-refractivity contribution in [3.63, 3.8) is 0 Å². The molecule has 0 aromatic carbocycles. The Labute approximate surface area is 111 Å². The third-order valence-corrected chi connectivity index (χ3v) is 4.46. The Morgan fingerprint density at radius 3 is 2.25 bits per heavy atom. The fourth-order valence-electron chi connectivity index (χ4n) is 3.10. The Balaban J connectivity index is 0.000000640. The highest BCUT2D eigenvalue weighted by atomic mass is 35.5. The summed E-state index contributed by atoms with van der Waals surface area (Å²) in [6.07, 6.45) is 7.34. The van der Waals surface area contributed by atoms with E-state index in [9.17, 15) is 0 Å². The predicted molar refractivity (Wildman–Crippen MR) is 72.8 cm³/mol. The van der Waals surface area contributed by atoms with Crippen molar-refractivity contribution < 1.29 is 0 Å². The van der Waals surface area contributed by atoms with Crippen LogP contribution in [0.4, 0.5) is 0 Å². The van der Waals surface area contributed by atoms with Gasteiger partial charge in [-0.1, -0.05) is 0 Å². The first-order valence-electron chi connectivity index (χ1n) is 6.29. The van der Waals surface area contributed by atoms with Crippen LogP contribution in [0.25, 0.3) is 0 Å². The van der Waals surface area contributed by atoms with Gasteiger partial charge in [0.05, 0.1) is 0 Å². The number of nitrogens with one attached hydrogen (secondary N) is 1. The predicted octanol–water partition coefficient (Wildman–Crippen LogP) is 2.32. The van der Waals surface area contributed by atoms with Crippen molar-refractivity contribution in [2.45, 2.75) is 32.1 Å². The van der Waals surface area contributed by atoms with Crippen molar-refractivity contribution >= 4 is 24.8 Å². The van der Waals surface area contributed by atoms with Gasteiger partial charge in [-0.05, 0) is 63.1 Å². The number of piperidine rings is 1. The van der Waals surface area contributed by atoms with Crippen LogP contribution in [-0.4, -0.2) is 37.6 Å². The normalized spacial score (nSPS) is 28.5. The summed E-state index contributed by atoms with van der Waals surface area (Å²) < 4.78 is 0. The van der Waals surface area contributed by atoms with E-state index < -0.39 is 0 Å². The van der Waals surface area contributed by atoms with Gasteiger partial charge in [0.25, 0.3) is 0 Å². The zero-order chi connectivity index (χ0) is 9.43. The minimum atomic E-state index is 0. The second-order valence-electron chi connectivity index (χ2n) is 5.67. The topological polar surface area (TPSA) is 15.3 Å². The van der Waals surface area contributed by atoms with Crippen molar-refractivity contribution in [2.75, 3.05) is 32.7 Å². The number of hydrogen-bond donors (Lipinski definition) is 1. The molecule has 2 aliphatic heterocycles. The van der Waals surface area contributed by atoms with Gasteiger partial charge in [0.1, 0.15) is 0 Å². The van der Waals surface area contributed by atoms with Gasteiger partial charge in [0.2, 0.25) is 0 Å². The average molecular weight is 267 g/mol. The minimum absolute atomic E-state index is 0. The summed E-state index contributed by atoms with van der Waals surface area (Å²) in [6, 6.07) is 0. The Hall–Kier alpha value is 0.500. The molecule has 16 heavy (non-hydrogen) atoms. The zero-order valence-corrected chi connectivity index (χ0v) is 11.5. The van der Waals surface area contributed by atoms with Crippen LogP contribution in [0.2, 0.25) is 0 Å². The summed E-state index contributed by atoms with van der Waals surface area (Å²) in [7, 11) is 0. The minimum Gasteiger partial charge on any atom is -0.316 e. The number of nitrogens with zero attached hydrogens (tertiary/aromatic N) is 1. The number of rotatable bonds is 2. The number of likely N-dealkylation sites (tertiary alicyclic amines) is 1. The lowest BCUT2D eigenvalue weighted by Crippen LogP contribution is -2.41. The van der Waals surface area contributed by atoms with Gasteiger partial charge in [-0.25, -0.2) is 0 Å². The Morgan fingerprint density at radius 1 is 1.06 bits per heavy atom. The highest BCUT2D eigenvalue weighted by molar-refractivity contribution is 5.85. The molecule has 3 aliphatic rings. The van der Waals surface area contributed by atoms with E-state index in [0.717, 1.165) is 5.92 Å². The van der Waals surface area contributed by atoms with E-state index in [1.54, 1.807) is 0 Å². The largest absolute Gasteiger partial charge is 0.316 e. The first-order chi connectivity index (χ1) is 6.86. The molecule has 0 aromatic heterocycles. The molecule has 0 aromatic rings. The third-order valence-electron chi connectivity index (χ3n) is 4.46. The van der Waals surface area contributed by atoms with Crippen LogP contribution in [0.3, 0.4) is 0 Å². The monoisotopic (exact) mass is 266 g/mol. The summed E-state index contributed by atoms with van der Waals surface area (Å²) in [5.74, 6) is 1.07. The number of hydrogen-bond acceptors (Lipinski definition) is 2. The van der Waals surface area contributed by atoms with Gasteiger partial charge in [-0.15, -0.1) is 24.8 Å². The van der Waals surface area contributed by atoms with Crippen LogP contribution in [0.1, 0.15) is 32.1 Å². The average Bonchev–Trinajstić information content (AvgIpc) is 2.91. The third kappa shape index (κ3) is 3.25. The van der Waals surface area contributed by atoms with Gasteiger partial charge in [0.15, 0.2) is 0 Å². The van der Waals surface area contributed by atoms with E-state index >= 15 is 0 Å². The summed E-state index contributed by atoms with van der Waals surface area (Å²) >= 11 is 0. The van der Waals surface area contributed by atoms with Crippen molar-refractivity contribution in [1.82, 2.24) is 10.2 Å². The van der Waals surface area contributed by atoms with Crippen molar-refractivity contribution in [2.24, 2.45) is 11.3 Å². The van der Waals surface area contributed by atoms with Crippen LogP contribution < -0.4 is 5.32 Å². The molecule has 1 N–H and O–H groups in total. The molecule has 2 heterocycles.